The summed E-state index contributed by atoms with van der Waals surface area (Å²) in [4.78, 5) is 22.0. The average Bonchev–Trinajstić information content (AvgIpc) is 2.08. The number of ketones is 1. The predicted molar refractivity (Wildman–Crippen MR) is 48.2 cm³/mol. The van der Waals surface area contributed by atoms with Gasteiger partial charge in [-0.2, -0.15) is 0 Å². The van der Waals surface area contributed by atoms with E-state index in [0.29, 0.717) is 6.42 Å². The molecule has 0 bridgehead atoms. The van der Waals surface area contributed by atoms with Gasteiger partial charge in [-0.1, -0.05) is 0 Å². The first-order valence-corrected chi connectivity index (χ1v) is 4.60. The van der Waals surface area contributed by atoms with E-state index in [1.165, 1.54) is 12.2 Å². The highest BCUT2D eigenvalue weighted by Gasteiger charge is 2.09. The van der Waals surface area contributed by atoms with Crippen molar-refractivity contribution in [1.29, 1.82) is 0 Å². The Morgan fingerprint density at radius 2 is 2.08 bits per heavy atom. The normalized spacial score (nSPS) is 27.9. The van der Waals surface area contributed by atoms with E-state index >= 15 is 0 Å². The van der Waals surface area contributed by atoms with Gasteiger partial charge in [0.1, 0.15) is 0 Å². The minimum absolute atomic E-state index is 0.00602. The highest BCUT2D eigenvalue weighted by molar-refractivity contribution is 5.95. The Labute approximate surface area is 77.8 Å². The van der Waals surface area contributed by atoms with Crippen molar-refractivity contribution < 1.29 is 14.3 Å². The summed E-state index contributed by atoms with van der Waals surface area (Å²) >= 11 is 0. The molecule has 0 N–H and O–H groups in total. The zero-order chi connectivity index (χ0) is 9.68. The third-order valence-corrected chi connectivity index (χ3v) is 2.01. The maximum atomic E-state index is 11.0. The lowest BCUT2D eigenvalue weighted by Gasteiger charge is -2.12. The molecule has 3 nitrogen and oxygen atoms in total. The first-order chi connectivity index (χ1) is 6.18. The van der Waals surface area contributed by atoms with E-state index in [1.54, 1.807) is 0 Å². The van der Waals surface area contributed by atoms with Crippen molar-refractivity contribution in [2.75, 3.05) is 0 Å². The lowest BCUT2D eigenvalue weighted by Crippen LogP contribution is -2.14. The maximum Gasteiger partial charge on any atom is 0.331 e. The van der Waals surface area contributed by atoms with Crippen LogP contribution in [0.15, 0.2) is 12.2 Å². The fraction of sp³-hybridized carbons (Fsp3) is 0.600. The molecule has 1 rings (SSSR count). The molecule has 0 amide bonds. The summed E-state index contributed by atoms with van der Waals surface area (Å²) < 4.78 is 5.00. The zero-order valence-corrected chi connectivity index (χ0v) is 7.79. The van der Waals surface area contributed by atoms with E-state index in [9.17, 15) is 9.59 Å². The number of ether oxygens (including phenoxy) is 1. The molecule has 0 aromatic heterocycles. The van der Waals surface area contributed by atoms with Crippen molar-refractivity contribution in [1.82, 2.24) is 0 Å². The molecule has 0 fully saturated rings. The molecule has 0 aliphatic carbocycles. The molecular weight excluding hydrogens is 168 g/mol. The summed E-state index contributed by atoms with van der Waals surface area (Å²) in [6, 6.07) is 0. The standard InChI is InChI=1S/C10H14O3/c1-8-4-2-3-5-9(11)6-7-10(12)13-8/h6-8H,2-5H2,1H3/b7-6-/t8-/m1/s1. The summed E-state index contributed by atoms with van der Waals surface area (Å²) in [6.45, 7) is 1.87. The number of allylic oxidation sites excluding steroid dienone is 1. The average molecular weight is 182 g/mol. The second-order valence-corrected chi connectivity index (χ2v) is 3.29. The Morgan fingerprint density at radius 3 is 2.85 bits per heavy atom. The SMILES string of the molecule is C[C@@H]1CCCCC(=O)/C=C\C(=O)O1. The number of carbonyl (C=O) groups excluding carboxylic acids is 2. The van der Waals surface area contributed by atoms with Gasteiger partial charge in [0.05, 0.1) is 6.10 Å². The summed E-state index contributed by atoms with van der Waals surface area (Å²) in [5.41, 5.74) is 0. The summed E-state index contributed by atoms with van der Waals surface area (Å²) in [7, 11) is 0. The number of carbonyl (C=O) groups is 2. The highest BCUT2D eigenvalue weighted by Crippen LogP contribution is 2.09. The van der Waals surface area contributed by atoms with Crippen molar-refractivity contribution in [3.05, 3.63) is 12.2 Å². The molecule has 0 unspecified atom stereocenters. The summed E-state index contributed by atoms with van der Waals surface area (Å²) in [5.74, 6) is -0.408. The molecule has 0 aromatic carbocycles. The van der Waals surface area contributed by atoms with Gasteiger partial charge in [-0.25, -0.2) is 4.79 Å². The molecule has 0 saturated heterocycles. The van der Waals surface area contributed by atoms with Crippen LogP contribution in [0.2, 0.25) is 0 Å². The van der Waals surface area contributed by atoms with Crippen molar-refractivity contribution in [2.45, 2.75) is 38.7 Å². The molecule has 0 saturated carbocycles. The van der Waals surface area contributed by atoms with E-state index in [2.05, 4.69) is 0 Å². The predicted octanol–water partition coefficient (Wildman–Crippen LogP) is 1.62. The smallest absolute Gasteiger partial charge is 0.331 e. The van der Waals surface area contributed by atoms with Gasteiger partial charge < -0.3 is 4.74 Å². The van der Waals surface area contributed by atoms with Crippen molar-refractivity contribution in [3.63, 3.8) is 0 Å². The fourth-order valence-electron chi connectivity index (χ4n) is 1.27. The molecule has 0 radical (unpaired) electrons. The van der Waals surface area contributed by atoms with Crippen molar-refractivity contribution in [3.8, 4) is 0 Å². The van der Waals surface area contributed by atoms with Gasteiger partial charge in [0.25, 0.3) is 0 Å². The molecule has 1 heterocycles. The van der Waals surface area contributed by atoms with Gasteiger partial charge in [-0.3, -0.25) is 4.79 Å². The van der Waals surface area contributed by atoms with Crippen LogP contribution in [0, 0.1) is 0 Å². The summed E-state index contributed by atoms with van der Waals surface area (Å²) in [5, 5.41) is 0. The Balaban J connectivity index is 2.57. The fourth-order valence-corrected chi connectivity index (χ4v) is 1.27. The second-order valence-electron chi connectivity index (χ2n) is 3.29. The lowest BCUT2D eigenvalue weighted by molar-refractivity contribution is -0.142. The monoisotopic (exact) mass is 182 g/mol. The minimum Gasteiger partial charge on any atom is -0.460 e. The molecule has 0 aromatic rings. The lowest BCUT2D eigenvalue weighted by atomic mass is 10.1. The highest BCUT2D eigenvalue weighted by atomic mass is 16.5. The van der Waals surface area contributed by atoms with Crippen LogP contribution < -0.4 is 0 Å². The quantitative estimate of drug-likeness (QED) is 0.534. The molecule has 1 atom stereocenters. The Morgan fingerprint density at radius 1 is 1.31 bits per heavy atom. The van der Waals surface area contributed by atoms with Gasteiger partial charge in [0, 0.05) is 12.5 Å². The number of cyclic esters (lactones) is 1. The van der Waals surface area contributed by atoms with E-state index < -0.39 is 5.97 Å². The van der Waals surface area contributed by atoms with Gasteiger partial charge >= 0.3 is 5.97 Å². The van der Waals surface area contributed by atoms with E-state index in [1.807, 2.05) is 6.92 Å². The van der Waals surface area contributed by atoms with Crippen LogP contribution in [0.1, 0.15) is 32.6 Å². The van der Waals surface area contributed by atoms with Crippen LogP contribution in [0.5, 0.6) is 0 Å². The van der Waals surface area contributed by atoms with Crippen LogP contribution in [-0.4, -0.2) is 17.9 Å². The number of hydrogen-bond donors (Lipinski definition) is 0. The third-order valence-electron chi connectivity index (χ3n) is 2.01. The van der Waals surface area contributed by atoms with Crippen LogP contribution in [0.25, 0.3) is 0 Å². The molecule has 3 heteroatoms. The third kappa shape index (κ3) is 3.87. The Kier molecular flexibility index (Phi) is 3.68. The first kappa shape index (κ1) is 9.96. The van der Waals surface area contributed by atoms with Crippen molar-refractivity contribution in [2.24, 2.45) is 0 Å². The molecule has 0 spiro atoms. The first-order valence-electron chi connectivity index (χ1n) is 4.60. The van der Waals surface area contributed by atoms with Crippen LogP contribution in [0.4, 0.5) is 0 Å². The van der Waals surface area contributed by atoms with Gasteiger partial charge in [0.2, 0.25) is 0 Å². The minimum atomic E-state index is -0.414. The number of esters is 1. The molecule has 1 aliphatic heterocycles. The maximum absolute atomic E-state index is 11.0. The van der Waals surface area contributed by atoms with Gasteiger partial charge in [0.15, 0.2) is 5.78 Å². The molecule has 1 aliphatic rings. The summed E-state index contributed by atoms with van der Waals surface area (Å²) in [6.07, 6.45) is 5.68. The molecule has 72 valence electrons. The Hall–Kier alpha value is -1.12. The van der Waals surface area contributed by atoms with Crippen LogP contribution in [-0.2, 0) is 14.3 Å². The van der Waals surface area contributed by atoms with Crippen LogP contribution >= 0.6 is 0 Å². The van der Waals surface area contributed by atoms with E-state index in [4.69, 9.17) is 4.74 Å². The molecule has 13 heavy (non-hydrogen) atoms. The van der Waals surface area contributed by atoms with E-state index in [-0.39, 0.29) is 11.9 Å². The number of hydrogen-bond acceptors (Lipinski definition) is 3. The van der Waals surface area contributed by atoms with E-state index in [0.717, 1.165) is 19.3 Å². The largest absolute Gasteiger partial charge is 0.460 e. The second kappa shape index (κ2) is 4.80. The number of rotatable bonds is 0. The van der Waals surface area contributed by atoms with Gasteiger partial charge in [-0.15, -0.1) is 0 Å². The van der Waals surface area contributed by atoms with Gasteiger partial charge in [-0.05, 0) is 32.3 Å². The Bertz CT molecular complexity index is 230. The molecular formula is C10H14O3. The topological polar surface area (TPSA) is 43.4 Å². The zero-order valence-electron chi connectivity index (χ0n) is 7.79. The van der Waals surface area contributed by atoms with Crippen LogP contribution in [0.3, 0.4) is 0 Å². The van der Waals surface area contributed by atoms with Crippen molar-refractivity contribution >= 4 is 11.8 Å².